The van der Waals surface area contributed by atoms with Gasteiger partial charge >= 0.3 is 0 Å². The number of rotatable bonds is 4. The quantitative estimate of drug-likeness (QED) is 0.894. The molecule has 20 heavy (non-hydrogen) atoms. The van der Waals surface area contributed by atoms with E-state index in [2.05, 4.69) is 21.5 Å². The van der Waals surface area contributed by atoms with Gasteiger partial charge in [0, 0.05) is 24.6 Å². The maximum Gasteiger partial charge on any atom is 0.176 e. The highest BCUT2D eigenvalue weighted by Crippen LogP contribution is 2.28. The van der Waals surface area contributed by atoms with Gasteiger partial charge in [0.2, 0.25) is 0 Å². The summed E-state index contributed by atoms with van der Waals surface area (Å²) in [6, 6.07) is 6.36. The molecule has 2 heterocycles. The molecule has 106 valence electrons. The minimum absolute atomic E-state index is 0.437. The van der Waals surface area contributed by atoms with Crippen molar-refractivity contribution in [3.63, 3.8) is 0 Å². The van der Waals surface area contributed by atoms with Crippen LogP contribution in [0.15, 0.2) is 36.8 Å². The van der Waals surface area contributed by atoms with Crippen molar-refractivity contribution in [3.05, 3.63) is 36.8 Å². The van der Waals surface area contributed by atoms with Crippen molar-refractivity contribution >= 4 is 5.69 Å². The Morgan fingerprint density at radius 3 is 2.95 bits per heavy atom. The summed E-state index contributed by atoms with van der Waals surface area (Å²) >= 11 is 0. The molecule has 2 unspecified atom stereocenters. The number of hydrogen-bond donors (Lipinski definition) is 2. The molecule has 3 N–H and O–H groups in total. The van der Waals surface area contributed by atoms with E-state index in [1.165, 1.54) is 25.7 Å². The van der Waals surface area contributed by atoms with Crippen molar-refractivity contribution < 1.29 is 0 Å². The van der Waals surface area contributed by atoms with Gasteiger partial charge in [-0.1, -0.05) is 12.8 Å². The molecular formula is C15H21N5. The Kier molecular flexibility index (Phi) is 3.97. The van der Waals surface area contributed by atoms with Crippen molar-refractivity contribution in [1.82, 2.24) is 14.8 Å². The summed E-state index contributed by atoms with van der Waals surface area (Å²) in [5, 5.41) is 7.90. The first-order valence-corrected chi connectivity index (χ1v) is 7.30. The van der Waals surface area contributed by atoms with Gasteiger partial charge in [0.1, 0.15) is 0 Å². The lowest BCUT2D eigenvalue weighted by Gasteiger charge is -2.32. The minimum Gasteiger partial charge on any atom is -0.379 e. The SMILES string of the molecule is NCC1CCCCC1Nc1cccnc1-n1cccn1. The van der Waals surface area contributed by atoms with Gasteiger partial charge in [-0.05, 0) is 43.5 Å². The molecule has 2 aromatic heterocycles. The molecule has 0 saturated heterocycles. The van der Waals surface area contributed by atoms with E-state index in [4.69, 9.17) is 5.73 Å². The van der Waals surface area contributed by atoms with E-state index in [1.807, 2.05) is 18.3 Å². The Labute approximate surface area is 119 Å². The second-order valence-corrected chi connectivity index (χ2v) is 5.36. The van der Waals surface area contributed by atoms with Crippen LogP contribution < -0.4 is 11.1 Å². The van der Waals surface area contributed by atoms with E-state index in [1.54, 1.807) is 17.1 Å². The van der Waals surface area contributed by atoms with Crippen molar-refractivity contribution in [2.24, 2.45) is 11.7 Å². The zero-order valence-corrected chi connectivity index (χ0v) is 11.6. The highest BCUT2D eigenvalue weighted by molar-refractivity contribution is 5.56. The second kappa shape index (κ2) is 6.05. The zero-order valence-electron chi connectivity index (χ0n) is 11.6. The van der Waals surface area contributed by atoms with E-state index in [9.17, 15) is 0 Å². The van der Waals surface area contributed by atoms with E-state index in [0.717, 1.165) is 18.1 Å². The number of nitrogens with zero attached hydrogens (tertiary/aromatic N) is 3. The Morgan fingerprint density at radius 1 is 1.25 bits per heavy atom. The standard InChI is InChI=1S/C15H21N5/c16-11-12-5-1-2-6-13(12)19-14-7-3-8-17-15(14)20-10-4-9-18-20/h3-4,7-10,12-13,19H,1-2,5-6,11,16H2. The maximum absolute atomic E-state index is 5.91. The Hall–Kier alpha value is -1.88. The Balaban J connectivity index is 1.83. The van der Waals surface area contributed by atoms with Crippen LogP contribution in [0.2, 0.25) is 0 Å². The Bertz CT molecular complexity index is 537. The first kappa shape index (κ1) is 13.1. The van der Waals surface area contributed by atoms with Crippen molar-refractivity contribution in [2.45, 2.75) is 31.7 Å². The third-order valence-electron chi connectivity index (χ3n) is 4.06. The molecule has 5 nitrogen and oxygen atoms in total. The smallest absolute Gasteiger partial charge is 0.176 e. The van der Waals surface area contributed by atoms with E-state index >= 15 is 0 Å². The van der Waals surface area contributed by atoms with Gasteiger partial charge in [-0.2, -0.15) is 5.10 Å². The fourth-order valence-corrected chi connectivity index (χ4v) is 2.97. The maximum atomic E-state index is 5.91. The highest BCUT2D eigenvalue weighted by atomic mass is 15.3. The van der Waals surface area contributed by atoms with Crippen LogP contribution in [-0.4, -0.2) is 27.4 Å². The molecule has 0 bridgehead atoms. The highest BCUT2D eigenvalue weighted by Gasteiger charge is 2.24. The molecule has 0 radical (unpaired) electrons. The molecule has 0 aromatic carbocycles. The van der Waals surface area contributed by atoms with Gasteiger partial charge in [-0.15, -0.1) is 0 Å². The monoisotopic (exact) mass is 271 g/mol. The number of nitrogens with two attached hydrogens (primary N) is 1. The van der Waals surface area contributed by atoms with E-state index in [-0.39, 0.29) is 0 Å². The topological polar surface area (TPSA) is 68.8 Å². The predicted molar refractivity (Wildman–Crippen MR) is 79.8 cm³/mol. The van der Waals surface area contributed by atoms with Crippen LogP contribution in [0.4, 0.5) is 5.69 Å². The minimum atomic E-state index is 0.437. The van der Waals surface area contributed by atoms with Gasteiger partial charge < -0.3 is 11.1 Å². The number of pyridine rings is 1. The number of nitrogens with one attached hydrogen (secondary N) is 1. The summed E-state index contributed by atoms with van der Waals surface area (Å²) < 4.78 is 1.79. The molecule has 3 rings (SSSR count). The first-order chi connectivity index (χ1) is 9.88. The average molecular weight is 271 g/mol. The molecule has 0 amide bonds. The molecule has 1 aliphatic carbocycles. The zero-order chi connectivity index (χ0) is 13.8. The van der Waals surface area contributed by atoms with Crippen LogP contribution in [-0.2, 0) is 0 Å². The van der Waals surface area contributed by atoms with Crippen molar-refractivity contribution in [1.29, 1.82) is 0 Å². The van der Waals surface area contributed by atoms with Crippen LogP contribution in [0.3, 0.4) is 0 Å². The van der Waals surface area contributed by atoms with E-state index < -0.39 is 0 Å². The van der Waals surface area contributed by atoms with Gasteiger partial charge in [0.15, 0.2) is 5.82 Å². The third-order valence-corrected chi connectivity index (χ3v) is 4.06. The summed E-state index contributed by atoms with van der Waals surface area (Å²) in [5.74, 6) is 1.40. The summed E-state index contributed by atoms with van der Waals surface area (Å²) in [7, 11) is 0. The molecule has 0 spiro atoms. The van der Waals surface area contributed by atoms with Crippen molar-refractivity contribution in [2.75, 3.05) is 11.9 Å². The molecule has 2 atom stereocenters. The lowest BCUT2D eigenvalue weighted by atomic mass is 9.84. The summed E-state index contributed by atoms with van der Waals surface area (Å²) in [6.45, 7) is 0.745. The molecule has 0 aliphatic heterocycles. The molecule has 1 aliphatic rings. The summed E-state index contributed by atoms with van der Waals surface area (Å²) in [4.78, 5) is 4.44. The number of anilines is 1. The first-order valence-electron chi connectivity index (χ1n) is 7.30. The van der Waals surface area contributed by atoms with Crippen molar-refractivity contribution in [3.8, 4) is 5.82 Å². The van der Waals surface area contributed by atoms with Crippen LogP contribution in [0.1, 0.15) is 25.7 Å². The molecule has 2 aromatic rings. The van der Waals surface area contributed by atoms with Gasteiger partial charge in [0.25, 0.3) is 0 Å². The average Bonchev–Trinajstić information content (AvgIpc) is 3.02. The predicted octanol–water partition coefficient (Wildman–Crippen LogP) is 2.20. The lowest BCUT2D eigenvalue weighted by molar-refractivity contribution is 0.332. The summed E-state index contributed by atoms with van der Waals surface area (Å²) in [6.07, 6.45) is 10.4. The molecular weight excluding hydrogens is 250 g/mol. The number of aromatic nitrogens is 3. The van der Waals surface area contributed by atoms with Gasteiger partial charge in [-0.3, -0.25) is 0 Å². The van der Waals surface area contributed by atoms with Gasteiger partial charge in [0.05, 0.1) is 5.69 Å². The fourth-order valence-electron chi connectivity index (χ4n) is 2.97. The largest absolute Gasteiger partial charge is 0.379 e. The summed E-state index contributed by atoms with van der Waals surface area (Å²) in [5.41, 5.74) is 6.94. The Morgan fingerprint density at radius 2 is 2.15 bits per heavy atom. The van der Waals surface area contributed by atoms with Crippen LogP contribution in [0, 0.1) is 5.92 Å². The third kappa shape index (κ3) is 2.67. The molecule has 1 saturated carbocycles. The van der Waals surface area contributed by atoms with Crippen LogP contribution >= 0.6 is 0 Å². The van der Waals surface area contributed by atoms with Crippen LogP contribution in [0.25, 0.3) is 5.82 Å². The number of hydrogen-bond acceptors (Lipinski definition) is 4. The second-order valence-electron chi connectivity index (χ2n) is 5.36. The lowest BCUT2D eigenvalue weighted by Crippen LogP contribution is -2.37. The van der Waals surface area contributed by atoms with E-state index in [0.29, 0.717) is 12.0 Å². The van der Waals surface area contributed by atoms with Crippen LogP contribution in [0.5, 0.6) is 0 Å². The molecule has 5 heteroatoms. The molecule has 1 fully saturated rings. The van der Waals surface area contributed by atoms with Gasteiger partial charge in [-0.25, -0.2) is 9.67 Å². The normalized spacial score (nSPS) is 22.6. The fraction of sp³-hybridized carbons (Fsp3) is 0.467.